The van der Waals surface area contributed by atoms with Crippen LogP contribution in [0.25, 0.3) is 0 Å². The van der Waals surface area contributed by atoms with Crippen LogP contribution in [0.5, 0.6) is 17.2 Å². The van der Waals surface area contributed by atoms with Gasteiger partial charge in [-0.25, -0.2) is 0 Å². The van der Waals surface area contributed by atoms with Crippen LogP contribution in [0.4, 0.5) is 0 Å². The van der Waals surface area contributed by atoms with E-state index in [9.17, 15) is 4.79 Å². The quantitative estimate of drug-likeness (QED) is 0.909. The van der Waals surface area contributed by atoms with Crippen molar-refractivity contribution in [1.82, 2.24) is 5.32 Å². The fourth-order valence-corrected chi connectivity index (χ4v) is 3.55. The second kappa shape index (κ2) is 6.56. The number of nitrogens with one attached hydrogen (secondary N) is 1. The number of rotatable bonds is 4. The third kappa shape index (κ3) is 3.47. The number of fused-ring (bicyclic) bond motifs is 2. The first-order valence-corrected chi connectivity index (χ1v) is 8.96. The number of carbonyl (C=O) groups excluding carboxylic acids is 1. The van der Waals surface area contributed by atoms with Gasteiger partial charge in [0.25, 0.3) is 0 Å². The van der Waals surface area contributed by atoms with E-state index >= 15 is 0 Å². The predicted molar refractivity (Wildman–Crippen MR) is 97.5 cm³/mol. The predicted octanol–water partition coefficient (Wildman–Crippen LogP) is 3.77. The molecule has 0 fully saturated rings. The van der Waals surface area contributed by atoms with E-state index in [1.165, 1.54) is 0 Å². The second-order valence-corrected chi connectivity index (χ2v) is 7.41. The van der Waals surface area contributed by atoms with Gasteiger partial charge in [-0.05, 0) is 44.0 Å². The van der Waals surface area contributed by atoms with Gasteiger partial charge >= 0.3 is 0 Å². The Hall–Kier alpha value is -2.69. The van der Waals surface area contributed by atoms with Gasteiger partial charge in [0.05, 0.1) is 6.04 Å². The molecule has 0 radical (unpaired) electrons. The highest BCUT2D eigenvalue weighted by atomic mass is 16.7. The van der Waals surface area contributed by atoms with Gasteiger partial charge in [0.1, 0.15) is 11.4 Å². The molecule has 2 aromatic rings. The first-order valence-electron chi connectivity index (χ1n) is 8.96. The van der Waals surface area contributed by atoms with Crippen LogP contribution in [0.2, 0.25) is 0 Å². The summed E-state index contributed by atoms with van der Waals surface area (Å²) in [5, 5.41) is 3.18. The summed E-state index contributed by atoms with van der Waals surface area (Å²) in [5.74, 6) is 2.41. The summed E-state index contributed by atoms with van der Waals surface area (Å²) in [4.78, 5) is 12.5. The van der Waals surface area contributed by atoms with Crippen LogP contribution in [0.3, 0.4) is 0 Å². The lowest BCUT2D eigenvalue weighted by atomic mass is 9.89. The average molecular weight is 353 g/mol. The monoisotopic (exact) mass is 353 g/mol. The van der Waals surface area contributed by atoms with Gasteiger partial charge < -0.3 is 19.5 Å². The molecule has 0 bridgehead atoms. The highest BCUT2D eigenvalue weighted by Crippen LogP contribution is 2.39. The van der Waals surface area contributed by atoms with Crippen molar-refractivity contribution in [1.29, 1.82) is 0 Å². The minimum absolute atomic E-state index is 0.0285. The molecule has 2 aliphatic rings. The molecule has 1 N–H and O–H groups in total. The summed E-state index contributed by atoms with van der Waals surface area (Å²) in [5.41, 5.74) is 1.81. The van der Waals surface area contributed by atoms with Crippen LogP contribution in [-0.4, -0.2) is 18.3 Å². The molecular weight excluding hydrogens is 330 g/mol. The molecule has 1 amide bonds. The van der Waals surface area contributed by atoms with E-state index < -0.39 is 0 Å². The van der Waals surface area contributed by atoms with E-state index in [-0.39, 0.29) is 24.3 Å². The van der Waals surface area contributed by atoms with E-state index in [4.69, 9.17) is 14.2 Å². The molecule has 0 unspecified atom stereocenters. The first kappa shape index (κ1) is 16.8. The van der Waals surface area contributed by atoms with E-state index in [1.54, 1.807) is 0 Å². The number of benzene rings is 2. The molecule has 0 aliphatic carbocycles. The summed E-state index contributed by atoms with van der Waals surface area (Å²) in [6.07, 6.45) is 1.84. The molecule has 5 nitrogen and oxygen atoms in total. The van der Waals surface area contributed by atoms with Gasteiger partial charge in [-0.3, -0.25) is 4.79 Å². The summed E-state index contributed by atoms with van der Waals surface area (Å²) in [6, 6.07) is 13.7. The molecule has 1 atom stereocenters. The van der Waals surface area contributed by atoms with E-state index in [0.29, 0.717) is 12.8 Å². The Morgan fingerprint density at radius 3 is 2.81 bits per heavy atom. The smallest absolute Gasteiger partial charge is 0.231 e. The molecule has 0 aromatic heterocycles. The Kier molecular flexibility index (Phi) is 4.23. The lowest BCUT2D eigenvalue weighted by molar-refractivity contribution is -0.122. The van der Waals surface area contributed by atoms with Crippen molar-refractivity contribution in [3.63, 3.8) is 0 Å². The van der Waals surface area contributed by atoms with Crippen molar-refractivity contribution in [2.45, 2.75) is 44.8 Å². The van der Waals surface area contributed by atoms with Crippen LogP contribution >= 0.6 is 0 Å². The van der Waals surface area contributed by atoms with Gasteiger partial charge in [-0.1, -0.05) is 24.3 Å². The molecule has 26 heavy (non-hydrogen) atoms. The van der Waals surface area contributed by atoms with Crippen molar-refractivity contribution in [2.24, 2.45) is 0 Å². The van der Waals surface area contributed by atoms with E-state index in [2.05, 4.69) is 19.2 Å². The number of hydrogen-bond acceptors (Lipinski definition) is 4. The van der Waals surface area contributed by atoms with Gasteiger partial charge in [-0.15, -0.1) is 0 Å². The largest absolute Gasteiger partial charge is 0.487 e. The van der Waals surface area contributed by atoms with Crippen LogP contribution in [0.1, 0.15) is 43.9 Å². The summed E-state index contributed by atoms with van der Waals surface area (Å²) in [7, 11) is 0. The van der Waals surface area contributed by atoms with E-state index in [1.807, 2.05) is 42.5 Å². The highest BCUT2D eigenvalue weighted by molar-refractivity contribution is 5.77. The summed E-state index contributed by atoms with van der Waals surface area (Å²) in [6.45, 7) is 4.36. The van der Waals surface area contributed by atoms with Crippen LogP contribution in [0, 0.1) is 0 Å². The minimum Gasteiger partial charge on any atom is -0.487 e. The normalized spacial score (nSPS) is 19.4. The fourth-order valence-electron chi connectivity index (χ4n) is 3.55. The molecule has 136 valence electrons. The second-order valence-electron chi connectivity index (χ2n) is 7.41. The zero-order valence-corrected chi connectivity index (χ0v) is 15.1. The SMILES string of the molecule is CC1(C)C[C@@H](NC(=O)CCc2ccc3c(c2)OCO3)c2ccccc2O1. The molecule has 4 rings (SSSR count). The Morgan fingerprint density at radius 2 is 1.92 bits per heavy atom. The number of amides is 1. The maximum Gasteiger partial charge on any atom is 0.231 e. The standard InChI is InChI=1S/C21H23NO4/c1-21(2)12-16(15-5-3-4-6-17(15)26-21)22-20(23)10-8-14-7-9-18-19(11-14)25-13-24-18/h3-7,9,11,16H,8,10,12-13H2,1-2H3,(H,22,23)/t16-/m1/s1. The van der Waals surface area contributed by atoms with Gasteiger partial charge in [-0.2, -0.15) is 0 Å². The first-order chi connectivity index (χ1) is 12.5. The lowest BCUT2D eigenvalue weighted by Gasteiger charge is -2.37. The third-order valence-corrected chi connectivity index (χ3v) is 4.79. The van der Waals surface area contributed by atoms with Crippen LogP contribution in [-0.2, 0) is 11.2 Å². The summed E-state index contributed by atoms with van der Waals surface area (Å²) < 4.78 is 16.7. The number of para-hydroxylation sites is 1. The molecule has 2 aliphatic heterocycles. The minimum atomic E-state index is -0.302. The van der Waals surface area contributed by atoms with Gasteiger partial charge in [0.15, 0.2) is 11.5 Å². The van der Waals surface area contributed by atoms with Gasteiger partial charge in [0.2, 0.25) is 12.7 Å². The van der Waals surface area contributed by atoms with Crippen molar-refractivity contribution >= 4 is 5.91 Å². The van der Waals surface area contributed by atoms with Crippen molar-refractivity contribution < 1.29 is 19.0 Å². The molecule has 5 heteroatoms. The Labute approximate surface area is 153 Å². The summed E-state index contributed by atoms with van der Waals surface area (Å²) >= 11 is 0. The van der Waals surface area contributed by atoms with Crippen LogP contribution in [0.15, 0.2) is 42.5 Å². The van der Waals surface area contributed by atoms with Gasteiger partial charge in [0, 0.05) is 18.4 Å². The Balaban J connectivity index is 1.40. The lowest BCUT2D eigenvalue weighted by Crippen LogP contribution is -2.41. The van der Waals surface area contributed by atoms with Crippen molar-refractivity contribution in [3.8, 4) is 17.2 Å². The fraction of sp³-hybridized carbons (Fsp3) is 0.381. The average Bonchev–Trinajstić information content (AvgIpc) is 3.06. The zero-order valence-electron chi connectivity index (χ0n) is 15.1. The maximum absolute atomic E-state index is 12.5. The zero-order chi connectivity index (χ0) is 18.1. The number of carbonyl (C=O) groups is 1. The van der Waals surface area contributed by atoms with Crippen LogP contribution < -0.4 is 19.5 Å². The molecule has 2 aromatic carbocycles. The number of ether oxygens (including phenoxy) is 3. The topological polar surface area (TPSA) is 56.8 Å². The number of hydrogen-bond donors (Lipinski definition) is 1. The molecule has 0 saturated heterocycles. The molecule has 0 spiro atoms. The Bertz CT molecular complexity index is 831. The number of aryl methyl sites for hydroxylation is 1. The van der Waals surface area contributed by atoms with Crippen molar-refractivity contribution in [2.75, 3.05) is 6.79 Å². The molecular formula is C21H23NO4. The highest BCUT2D eigenvalue weighted by Gasteiger charge is 2.34. The third-order valence-electron chi connectivity index (χ3n) is 4.79. The Morgan fingerprint density at radius 1 is 1.12 bits per heavy atom. The van der Waals surface area contributed by atoms with E-state index in [0.717, 1.165) is 34.8 Å². The van der Waals surface area contributed by atoms with Crippen molar-refractivity contribution in [3.05, 3.63) is 53.6 Å². The molecule has 2 heterocycles. The molecule has 0 saturated carbocycles. The maximum atomic E-state index is 12.5.